The van der Waals surface area contributed by atoms with Gasteiger partial charge in [-0.3, -0.25) is 0 Å². The van der Waals surface area contributed by atoms with Crippen molar-refractivity contribution in [1.82, 2.24) is 15.5 Å². The van der Waals surface area contributed by atoms with E-state index in [1.54, 1.807) is 0 Å². The SMILES string of the molecule is CCCC[C@H]([CH2][Al]([N](CC)CC)[N](CC)CC)[C@H](CCCC)[CH2][Al]([N](CC)CC)[N](CC)CC. The van der Waals surface area contributed by atoms with Crippen molar-refractivity contribution in [1.29, 1.82) is 0 Å². The number of hydrogen-bond acceptors (Lipinski definition) is 4. The van der Waals surface area contributed by atoms with E-state index < -0.39 is 29.2 Å². The van der Waals surface area contributed by atoms with Gasteiger partial charge in [0.2, 0.25) is 0 Å². The second-order valence-electron chi connectivity index (χ2n) is 10.1. The first-order chi connectivity index (χ1) is 16.5. The number of nitrogens with zero attached hydrogens (tertiary/aromatic N) is 4. The molecule has 0 aromatic rings. The highest BCUT2D eigenvalue weighted by atomic mass is 27.2. The van der Waals surface area contributed by atoms with Crippen LogP contribution in [0.3, 0.4) is 0 Å². The molecular weight excluding hydrogens is 446 g/mol. The molecule has 0 saturated heterocycles. The summed E-state index contributed by atoms with van der Waals surface area (Å²) in [5.41, 5.74) is 0. The minimum Gasteiger partial charge on any atom is -0.371 e. The quantitative estimate of drug-likeness (QED) is 0.138. The molecule has 202 valence electrons. The monoisotopic (exact) mass is 510 g/mol. The number of hydrogen-bond donors (Lipinski definition) is 0. The van der Waals surface area contributed by atoms with Crippen molar-refractivity contribution >= 4 is 29.2 Å². The van der Waals surface area contributed by atoms with Crippen molar-refractivity contribution in [3.63, 3.8) is 0 Å². The van der Waals surface area contributed by atoms with Gasteiger partial charge in [0.05, 0.1) is 0 Å². The van der Waals surface area contributed by atoms with Gasteiger partial charge in [-0.1, -0.05) is 118 Å². The van der Waals surface area contributed by atoms with Gasteiger partial charge in [0.1, 0.15) is 0 Å². The molecule has 0 aliphatic rings. The molecule has 0 aromatic carbocycles. The highest BCUT2D eigenvalue weighted by Gasteiger charge is 2.40. The summed E-state index contributed by atoms with van der Waals surface area (Å²) < 4.78 is 11.5. The summed E-state index contributed by atoms with van der Waals surface area (Å²) in [6, 6.07) is 0. The fourth-order valence-electron chi connectivity index (χ4n) is 6.20. The van der Waals surface area contributed by atoms with Crippen molar-refractivity contribution in [2.24, 2.45) is 11.8 Å². The zero-order valence-corrected chi connectivity index (χ0v) is 27.7. The molecule has 6 heteroatoms. The van der Waals surface area contributed by atoms with Gasteiger partial charge in [-0.2, -0.15) is 0 Å². The van der Waals surface area contributed by atoms with Crippen LogP contribution in [0, 0.1) is 11.8 Å². The first kappa shape index (κ1) is 34.9. The molecule has 0 N–H and O–H groups in total. The van der Waals surface area contributed by atoms with Crippen LogP contribution in [0.2, 0.25) is 10.6 Å². The fourth-order valence-corrected chi connectivity index (χ4v) is 14.0. The molecule has 34 heavy (non-hydrogen) atoms. The van der Waals surface area contributed by atoms with Crippen LogP contribution in [0.4, 0.5) is 0 Å². The standard InChI is InChI=1S/C12H24.4C4H10N.2Al/c1-5-7-9-11(3)12(4)10-8-6-2;4*1-3-5-4-2;;/h11-12H,3-10H2,1-2H3;4*3-4H2,1-2H3;;/q;4*-1;2*+2/t11-,12-;;;;;;/m0....../s1. The van der Waals surface area contributed by atoms with E-state index in [4.69, 9.17) is 0 Å². The third-order valence-electron chi connectivity index (χ3n) is 8.49. The van der Waals surface area contributed by atoms with Gasteiger partial charge in [-0.25, -0.2) is 0 Å². The summed E-state index contributed by atoms with van der Waals surface area (Å²) in [6.45, 7) is 33.7. The van der Waals surface area contributed by atoms with E-state index in [0.29, 0.717) is 0 Å². The lowest BCUT2D eigenvalue weighted by Crippen LogP contribution is -2.55. The third kappa shape index (κ3) is 12.0. The average molecular weight is 511 g/mol. The Morgan fingerprint density at radius 1 is 0.412 bits per heavy atom. The van der Waals surface area contributed by atoms with Gasteiger partial charge in [0.25, 0.3) is 0 Å². The molecule has 4 nitrogen and oxygen atoms in total. The fraction of sp³-hybridized carbons (Fsp3) is 1.00. The van der Waals surface area contributed by atoms with Gasteiger partial charge < -0.3 is 15.5 Å². The molecule has 0 unspecified atom stereocenters. The summed E-state index contributed by atoms with van der Waals surface area (Å²) in [5, 5.41) is 2.99. The summed E-state index contributed by atoms with van der Waals surface area (Å²) in [7, 11) is 0. The predicted octanol–water partition coefficient (Wildman–Crippen LogP) is 6.94. The molecule has 2 atom stereocenters. The molecular formula is C28H64Al2N4. The van der Waals surface area contributed by atoms with Gasteiger partial charge in [0.15, 0.2) is 0 Å². The van der Waals surface area contributed by atoms with Crippen molar-refractivity contribution in [2.45, 2.75) is 118 Å². The Morgan fingerprint density at radius 3 is 0.824 bits per heavy atom. The summed E-state index contributed by atoms with van der Waals surface area (Å²) in [5.74, 6) is 1.82. The minimum absolute atomic E-state index is 0.908. The normalized spacial score (nSPS) is 13.9. The summed E-state index contributed by atoms with van der Waals surface area (Å²) in [4.78, 5) is 0. The van der Waals surface area contributed by atoms with Crippen molar-refractivity contribution < 1.29 is 0 Å². The largest absolute Gasteiger partial charge is 0.488 e. The molecule has 0 aliphatic carbocycles. The summed E-state index contributed by atoms with van der Waals surface area (Å²) >= 11 is -2.25. The van der Waals surface area contributed by atoms with E-state index in [9.17, 15) is 0 Å². The van der Waals surface area contributed by atoms with Crippen LogP contribution in [0.1, 0.15) is 108 Å². The van der Waals surface area contributed by atoms with Crippen LogP contribution in [-0.2, 0) is 0 Å². The van der Waals surface area contributed by atoms with E-state index in [2.05, 4.69) is 84.8 Å². The number of unbranched alkanes of at least 4 members (excludes halogenated alkanes) is 2. The Morgan fingerprint density at radius 2 is 0.647 bits per heavy atom. The van der Waals surface area contributed by atoms with E-state index in [-0.39, 0.29) is 0 Å². The molecule has 0 radical (unpaired) electrons. The first-order valence-electron chi connectivity index (χ1n) is 15.4. The van der Waals surface area contributed by atoms with Crippen LogP contribution >= 0.6 is 0 Å². The molecule has 0 spiro atoms. The smallest absolute Gasteiger partial charge is 0.371 e. The molecule has 0 rings (SSSR count). The molecule has 0 saturated carbocycles. The predicted molar refractivity (Wildman–Crippen MR) is 159 cm³/mol. The maximum Gasteiger partial charge on any atom is 0.488 e. The molecule has 0 aliphatic heterocycles. The zero-order chi connectivity index (χ0) is 25.9. The lowest BCUT2D eigenvalue weighted by molar-refractivity contribution is 0.285. The van der Waals surface area contributed by atoms with Crippen molar-refractivity contribution in [3.8, 4) is 0 Å². The topological polar surface area (TPSA) is 13.0 Å². The molecule has 0 bridgehead atoms. The van der Waals surface area contributed by atoms with E-state index in [1.807, 2.05) is 0 Å². The lowest BCUT2D eigenvalue weighted by Gasteiger charge is -2.40. The second kappa shape index (κ2) is 21.9. The summed E-state index contributed by atoms with van der Waals surface area (Å²) in [6.07, 6.45) is 8.41. The van der Waals surface area contributed by atoms with Gasteiger partial charge in [0, 0.05) is 0 Å². The second-order valence-corrected chi connectivity index (χ2v) is 15.9. The average Bonchev–Trinajstić information content (AvgIpc) is 2.86. The lowest BCUT2D eigenvalue weighted by atomic mass is 9.87. The third-order valence-corrected chi connectivity index (χ3v) is 16.8. The molecule has 0 heterocycles. The van der Waals surface area contributed by atoms with Crippen LogP contribution in [0.15, 0.2) is 0 Å². The maximum atomic E-state index is 2.88. The highest BCUT2D eigenvalue weighted by molar-refractivity contribution is 6.53. The van der Waals surface area contributed by atoms with Crippen LogP contribution < -0.4 is 0 Å². The molecule has 0 aromatic heterocycles. The van der Waals surface area contributed by atoms with Crippen LogP contribution in [0.25, 0.3) is 0 Å². The Labute approximate surface area is 226 Å². The Hall–Kier alpha value is 0.905. The van der Waals surface area contributed by atoms with E-state index in [1.165, 1.54) is 101 Å². The van der Waals surface area contributed by atoms with Crippen molar-refractivity contribution in [2.75, 3.05) is 52.4 Å². The molecule has 0 fully saturated rings. The van der Waals surface area contributed by atoms with Gasteiger partial charge >= 0.3 is 29.2 Å². The Bertz CT molecular complexity index is 374. The number of rotatable bonds is 23. The highest BCUT2D eigenvalue weighted by Crippen LogP contribution is 2.34. The Kier molecular flexibility index (Phi) is 22.5. The minimum atomic E-state index is -1.12. The Balaban J connectivity index is 6.16. The maximum absolute atomic E-state index is 2.88. The van der Waals surface area contributed by atoms with Gasteiger partial charge in [-0.15, -0.1) is 0 Å². The zero-order valence-electron chi connectivity index (χ0n) is 25.4. The van der Waals surface area contributed by atoms with Crippen molar-refractivity contribution in [3.05, 3.63) is 0 Å². The molecule has 0 amide bonds. The van der Waals surface area contributed by atoms with Crippen LogP contribution in [0.5, 0.6) is 0 Å². The van der Waals surface area contributed by atoms with E-state index in [0.717, 1.165) is 11.8 Å². The van der Waals surface area contributed by atoms with Crippen LogP contribution in [-0.4, -0.2) is 97.1 Å². The van der Waals surface area contributed by atoms with E-state index >= 15 is 0 Å². The van der Waals surface area contributed by atoms with Gasteiger partial charge in [-0.05, 0) is 64.2 Å². The first-order valence-corrected chi connectivity index (χ1v) is 19.1.